The molecular weight excluding hydrogens is 498 g/mol. The molecule has 1 aromatic rings. The number of piperazine rings is 1. The zero-order chi connectivity index (χ0) is 28.7. The van der Waals surface area contributed by atoms with E-state index in [1.54, 1.807) is 50.5 Å². The number of hydrogen-bond acceptors (Lipinski definition) is 8. The lowest BCUT2D eigenvalue weighted by Crippen LogP contribution is -2.51. The molecule has 12 heteroatoms. The van der Waals surface area contributed by atoms with Gasteiger partial charge < -0.3 is 34.2 Å². The molecule has 1 saturated heterocycles. The number of carbonyl (C=O) groups is 4. The SMILES string of the molecule is CCN(CC)C(=O)CN1CCN(C(=O)/C=C/c2cc(OC)c(OC)c(OC)c2)CC1.O=C(O)/C=C\C(=O)O. The van der Waals surface area contributed by atoms with Crippen molar-refractivity contribution in [3.05, 3.63) is 35.9 Å². The van der Waals surface area contributed by atoms with Crippen LogP contribution in [0.5, 0.6) is 17.2 Å². The Morgan fingerprint density at radius 1 is 0.842 bits per heavy atom. The molecule has 0 spiro atoms. The molecule has 12 nitrogen and oxygen atoms in total. The van der Waals surface area contributed by atoms with Crippen LogP contribution >= 0.6 is 0 Å². The van der Waals surface area contributed by atoms with E-state index in [0.717, 1.165) is 18.7 Å². The largest absolute Gasteiger partial charge is 0.493 e. The van der Waals surface area contributed by atoms with E-state index >= 15 is 0 Å². The Kier molecular flexibility index (Phi) is 14.0. The molecule has 0 bridgehead atoms. The van der Waals surface area contributed by atoms with Gasteiger partial charge in [0.15, 0.2) is 11.5 Å². The standard InChI is InChI=1S/C22H33N3O5.C4H4O4/c1-6-24(7-2)21(27)16-23-10-12-25(13-11-23)20(26)9-8-17-14-18(28-3)22(30-5)19(15-17)29-4;5-3(6)1-2-4(7)8/h8-9,14-15H,6-7,10-13,16H2,1-5H3;1-2H,(H,5,6)(H,7,8)/b9-8+;2-1-. The van der Waals surface area contributed by atoms with Crippen LogP contribution in [0.1, 0.15) is 19.4 Å². The summed E-state index contributed by atoms with van der Waals surface area (Å²) in [6.07, 6.45) is 4.41. The predicted octanol–water partition coefficient (Wildman–Crippen LogP) is 1.45. The summed E-state index contributed by atoms with van der Waals surface area (Å²) in [6.45, 7) is 8.40. The van der Waals surface area contributed by atoms with Crippen LogP contribution in [0.15, 0.2) is 30.4 Å². The molecule has 0 aliphatic carbocycles. The number of likely N-dealkylation sites (N-methyl/N-ethyl adjacent to an activating group) is 1. The van der Waals surface area contributed by atoms with Gasteiger partial charge in [-0.1, -0.05) is 0 Å². The minimum Gasteiger partial charge on any atom is -0.493 e. The van der Waals surface area contributed by atoms with Gasteiger partial charge in [0, 0.05) is 57.5 Å². The second-order valence-corrected chi connectivity index (χ2v) is 7.97. The number of aliphatic carboxylic acids is 2. The molecule has 1 heterocycles. The first-order chi connectivity index (χ1) is 18.1. The van der Waals surface area contributed by atoms with Crippen LogP contribution < -0.4 is 14.2 Å². The topological polar surface area (TPSA) is 146 Å². The second kappa shape index (κ2) is 16.6. The lowest BCUT2D eigenvalue weighted by atomic mass is 10.1. The van der Waals surface area contributed by atoms with E-state index in [-0.39, 0.29) is 11.8 Å². The van der Waals surface area contributed by atoms with Crippen LogP contribution in [0, 0.1) is 0 Å². The van der Waals surface area contributed by atoms with E-state index in [4.69, 9.17) is 24.4 Å². The molecule has 1 aliphatic rings. The molecule has 2 amide bonds. The summed E-state index contributed by atoms with van der Waals surface area (Å²) in [5, 5.41) is 15.6. The molecule has 210 valence electrons. The Morgan fingerprint density at radius 2 is 1.34 bits per heavy atom. The van der Waals surface area contributed by atoms with E-state index in [9.17, 15) is 19.2 Å². The quantitative estimate of drug-likeness (QED) is 0.399. The molecule has 0 radical (unpaired) electrons. The summed E-state index contributed by atoms with van der Waals surface area (Å²) < 4.78 is 16.0. The molecule has 0 atom stereocenters. The van der Waals surface area contributed by atoms with Gasteiger partial charge in [-0.25, -0.2) is 9.59 Å². The molecule has 0 unspecified atom stereocenters. The van der Waals surface area contributed by atoms with Crippen LogP contribution in [-0.4, -0.2) is 116 Å². The predicted molar refractivity (Wildman–Crippen MR) is 140 cm³/mol. The van der Waals surface area contributed by atoms with Gasteiger partial charge in [-0.15, -0.1) is 0 Å². The number of carbonyl (C=O) groups excluding carboxylic acids is 2. The number of rotatable bonds is 11. The average molecular weight is 536 g/mol. The van der Waals surface area contributed by atoms with E-state index in [0.29, 0.717) is 62.1 Å². The number of methoxy groups -OCH3 is 3. The number of hydrogen-bond donors (Lipinski definition) is 2. The van der Waals surface area contributed by atoms with Crippen molar-refractivity contribution < 1.29 is 43.6 Å². The summed E-state index contributed by atoms with van der Waals surface area (Å²) in [7, 11) is 4.66. The number of ether oxygens (including phenoxy) is 3. The maximum absolute atomic E-state index is 12.6. The lowest BCUT2D eigenvalue weighted by Gasteiger charge is -2.34. The highest BCUT2D eigenvalue weighted by atomic mass is 16.5. The van der Waals surface area contributed by atoms with Crippen LogP contribution in [0.2, 0.25) is 0 Å². The summed E-state index contributed by atoms with van der Waals surface area (Å²) in [6, 6.07) is 3.59. The van der Waals surface area contributed by atoms with Crippen molar-refractivity contribution in [2.24, 2.45) is 0 Å². The van der Waals surface area contributed by atoms with Gasteiger partial charge in [-0.3, -0.25) is 14.5 Å². The summed E-state index contributed by atoms with van der Waals surface area (Å²) >= 11 is 0. The average Bonchev–Trinajstić information content (AvgIpc) is 2.91. The highest BCUT2D eigenvalue weighted by Crippen LogP contribution is 2.38. The van der Waals surface area contributed by atoms with Crippen molar-refractivity contribution in [3.8, 4) is 17.2 Å². The van der Waals surface area contributed by atoms with Crippen LogP contribution in [0.4, 0.5) is 0 Å². The smallest absolute Gasteiger partial charge is 0.328 e. The minimum absolute atomic E-state index is 0.0570. The fourth-order valence-electron chi connectivity index (χ4n) is 3.61. The van der Waals surface area contributed by atoms with Gasteiger partial charge in [-0.05, 0) is 37.6 Å². The van der Waals surface area contributed by atoms with Crippen LogP contribution in [-0.2, 0) is 19.2 Å². The molecule has 1 aromatic carbocycles. The first-order valence-electron chi connectivity index (χ1n) is 12.0. The van der Waals surface area contributed by atoms with Crippen molar-refractivity contribution in [2.45, 2.75) is 13.8 Å². The molecular formula is C26H37N3O9. The third kappa shape index (κ3) is 10.5. The zero-order valence-electron chi connectivity index (χ0n) is 22.5. The third-order valence-corrected chi connectivity index (χ3v) is 5.63. The number of amides is 2. The van der Waals surface area contributed by atoms with E-state index in [1.165, 1.54) is 0 Å². The molecule has 1 fully saturated rings. The molecule has 2 N–H and O–H groups in total. The van der Waals surface area contributed by atoms with Crippen molar-refractivity contribution in [1.29, 1.82) is 0 Å². The first-order valence-corrected chi connectivity index (χ1v) is 12.0. The minimum atomic E-state index is -1.26. The van der Waals surface area contributed by atoms with Crippen molar-refractivity contribution >= 4 is 29.8 Å². The number of carboxylic acids is 2. The van der Waals surface area contributed by atoms with Gasteiger partial charge in [0.25, 0.3) is 0 Å². The highest BCUT2D eigenvalue weighted by Gasteiger charge is 2.22. The molecule has 0 aromatic heterocycles. The maximum Gasteiger partial charge on any atom is 0.328 e. The number of benzene rings is 1. The lowest BCUT2D eigenvalue weighted by molar-refractivity contribution is -0.134. The van der Waals surface area contributed by atoms with Gasteiger partial charge >= 0.3 is 11.9 Å². The fraction of sp³-hybridized carbons (Fsp3) is 0.462. The Bertz CT molecular complexity index is 970. The molecule has 38 heavy (non-hydrogen) atoms. The Labute approximate surface area is 222 Å². The third-order valence-electron chi connectivity index (χ3n) is 5.63. The van der Waals surface area contributed by atoms with Crippen LogP contribution in [0.25, 0.3) is 6.08 Å². The van der Waals surface area contributed by atoms with E-state index in [1.807, 2.05) is 18.7 Å². The number of nitrogens with zero attached hydrogens (tertiary/aromatic N) is 3. The summed E-state index contributed by atoms with van der Waals surface area (Å²) in [5.74, 6) is -0.843. The highest BCUT2D eigenvalue weighted by molar-refractivity contribution is 5.92. The van der Waals surface area contributed by atoms with Crippen molar-refractivity contribution in [2.75, 3.05) is 67.1 Å². The maximum atomic E-state index is 12.6. The zero-order valence-corrected chi connectivity index (χ0v) is 22.5. The first kappa shape index (κ1) is 32.0. The van der Waals surface area contributed by atoms with E-state index < -0.39 is 11.9 Å². The Morgan fingerprint density at radius 3 is 1.74 bits per heavy atom. The van der Waals surface area contributed by atoms with Gasteiger partial charge in [0.2, 0.25) is 17.6 Å². The van der Waals surface area contributed by atoms with E-state index in [2.05, 4.69) is 4.90 Å². The molecule has 1 aliphatic heterocycles. The number of carboxylic acid groups (broad SMARTS) is 2. The Hall–Kier alpha value is -4.06. The van der Waals surface area contributed by atoms with Gasteiger partial charge in [0.1, 0.15) is 0 Å². The van der Waals surface area contributed by atoms with Crippen molar-refractivity contribution in [3.63, 3.8) is 0 Å². The molecule has 0 saturated carbocycles. The second-order valence-electron chi connectivity index (χ2n) is 7.97. The summed E-state index contributed by atoms with van der Waals surface area (Å²) in [5.41, 5.74) is 0.779. The van der Waals surface area contributed by atoms with Crippen molar-refractivity contribution in [1.82, 2.24) is 14.7 Å². The Balaban J connectivity index is 0.000000781. The van der Waals surface area contributed by atoms with Crippen LogP contribution in [0.3, 0.4) is 0 Å². The molecule has 2 rings (SSSR count). The fourth-order valence-corrected chi connectivity index (χ4v) is 3.61. The van der Waals surface area contributed by atoms with Gasteiger partial charge in [0.05, 0.1) is 27.9 Å². The summed E-state index contributed by atoms with van der Waals surface area (Å²) in [4.78, 5) is 49.7. The normalized spacial score (nSPS) is 13.6. The monoisotopic (exact) mass is 535 g/mol. The van der Waals surface area contributed by atoms with Gasteiger partial charge in [-0.2, -0.15) is 0 Å².